The summed E-state index contributed by atoms with van der Waals surface area (Å²) >= 11 is 6.30. The van der Waals surface area contributed by atoms with E-state index in [4.69, 9.17) is 25.5 Å². The lowest BCUT2D eigenvalue weighted by Gasteiger charge is -2.07. The van der Waals surface area contributed by atoms with Crippen LogP contribution in [0.15, 0.2) is 81.6 Å². The second-order valence-corrected chi connectivity index (χ2v) is 7.63. The highest BCUT2D eigenvalue weighted by Crippen LogP contribution is 2.33. The molecule has 2 aromatic carbocycles. The molecule has 0 atom stereocenters. The third-order valence-corrected chi connectivity index (χ3v) is 5.13. The Morgan fingerprint density at radius 3 is 2.50 bits per heavy atom. The molecular formula is C25H17ClF3NO4. The molecule has 0 radical (unpaired) electrons. The molecule has 2 aromatic heterocycles. The summed E-state index contributed by atoms with van der Waals surface area (Å²) in [6.07, 6.45) is -1.82. The number of hydrogen-bond donors (Lipinski definition) is 2. The Morgan fingerprint density at radius 2 is 1.79 bits per heavy atom. The molecule has 0 spiro atoms. The zero-order valence-electron chi connectivity index (χ0n) is 17.4. The number of benzene rings is 2. The smallest absolute Gasteiger partial charge is 0.416 e. The predicted molar refractivity (Wildman–Crippen MR) is 122 cm³/mol. The van der Waals surface area contributed by atoms with Crippen LogP contribution in [0.4, 0.5) is 18.9 Å². The minimum atomic E-state index is -4.45. The van der Waals surface area contributed by atoms with E-state index in [0.29, 0.717) is 33.6 Å². The standard InChI is InChI=1S/C25H17ClF3NO4/c26-21-13-17(4-8-20(21)23-10-6-19(14-31)34-23)30-24(32)11-7-18-5-9-22(33-18)15-2-1-3-16(12-15)25(27,28)29/h1-13,31H,14H2,(H,30,32)/b11-7+. The second-order valence-electron chi connectivity index (χ2n) is 7.22. The van der Waals surface area contributed by atoms with E-state index >= 15 is 0 Å². The number of carbonyl (C=O) groups excluding carboxylic acids is 1. The van der Waals surface area contributed by atoms with Crippen molar-refractivity contribution in [2.75, 3.05) is 5.32 Å². The highest BCUT2D eigenvalue weighted by Gasteiger charge is 2.30. The van der Waals surface area contributed by atoms with E-state index in [1.807, 2.05) is 0 Å². The number of furan rings is 2. The molecule has 174 valence electrons. The minimum Gasteiger partial charge on any atom is -0.459 e. The van der Waals surface area contributed by atoms with Gasteiger partial charge < -0.3 is 19.3 Å². The normalized spacial score (nSPS) is 11.8. The van der Waals surface area contributed by atoms with Crippen LogP contribution >= 0.6 is 11.6 Å². The fourth-order valence-electron chi connectivity index (χ4n) is 3.19. The van der Waals surface area contributed by atoms with Gasteiger partial charge in [0.2, 0.25) is 5.91 Å². The summed E-state index contributed by atoms with van der Waals surface area (Å²) in [5, 5.41) is 12.1. The van der Waals surface area contributed by atoms with Gasteiger partial charge in [0, 0.05) is 22.9 Å². The van der Waals surface area contributed by atoms with Gasteiger partial charge in [-0.1, -0.05) is 23.7 Å². The van der Waals surface area contributed by atoms with Crippen molar-refractivity contribution >= 4 is 29.3 Å². The first-order chi connectivity index (χ1) is 16.2. The quantitative estimate of drug-likeness (QED) is 0.286. The first-order valence-corrected chi connectivity index (χ1v) is 10.4. The van der Waals surface area contributed by atoms with Gasteiger partial charge in [-0.2, -0.15) is 13.2 Å². The van der Waals surface area contributed by atoms with E-state index in [1.165, 1.54) is 30.4 Å². The molecule has 0 bridgehead atoms. The molecule has 0 aliphatic heterocycles. The maximum Gasteiger partial charge on any atom is 0.416 e. The molecule has 0 saturated heterocycles. The van der Waals surface area contributed by atoms with Crippen LogP contribution in [0.5, 0.6) is 0 Å². The molecule has 0 aliphatic carbocycles. The highest BCUT2D eigenvalue weighted by atomic mass is 35.5. The van der Waals surface area contributed by atoms with Crippen LogP contribution in [0, 0.1) is 0 Å². The van der Waals surface area contributed by atoms with Gasteiger partial charge in [0.1, 0.15) is 29.6 Å². The predicted octanol–water partition coefficient (Wildman–Crippen LogP) is 7.02. The maximum absolute atomic E-state index is 12.9. The Hall–Kier alpha value is -3.75. The number of aliphatic hydroxyl groups excluding tert-OH is 1. The number of hydrogen-bond acceptors (Lipinski definition) is 4. The first-order valence-electron chi connectivity index (χ1n) is 9.99. The van der Waals surface area contributed by atoms with Gasteiger partial charge in [-0.3, -0.25) is 4.79 Å². The van der Waals surface area contributed by atoms with Crippen molar-refractivity contribution in [2.24, 2.45) is 0 Å². The number of anilines is 1. The Kier molecular flexibility index (Phi) is 6.63. The molecule has 0 unspecified atom stereocenters. The van der Waals surface area contributed by atoms with Crippen LogP contribution < -0.4 is 5.32 Å². The van der Waals surface area contributed by atoms with Crippen molar-refractivity contribution in [3.8, 4) is 22.6 Å². The molecule has 1 amide bonds. The third kappa shape index (κ3) is 5.41. The molecule has 0 saturated carbocycles. The Morgan fingerprint density at radius 1 is 1.00 bits per heavy atom. The van der Waals surface area contributed by atoms with Crippen LogP contribution in [0.1, 0.15) is 17.1 Å². The summed E-state index contributed by atoms with van der Waals surface area (Å²) in [7, 11) is 0. The van der Waals surface area contributed by atoms with Gasteiger partial charge in [0.25, 0.3) is 0 Å². The zero-order valence-corrected chi connectivity index (χ0v) is 18.2. The maximum atomic E-state index is 12.9. The number of aliphatic hydroxyl groups is 1. The number of nitrogens with one attached hydrogen (secondary N) is 1. The van der Waals surface area contributed by atoms with E-state index < -0.39 is 17.6 Å². The van der Waals surface area contributed by atoms with Gasteiger partial charge in [0.15, 0.2) is 0 Å². The average Bonchev–Trinajstić information content (AvgIpc) is 3.47. The lowest BCUT2D eigenvalue weighted by molar-refractivity contribution is -0.137. The number of amides is 1. The Bertz CT molecular complexity index is 1350. The summed E-state index contributed by atoms with van der Waals surface area (Å²) in [6.45, 7) is -0.227. The first kappa shape index (κ1) is 23.4. The Labute approximate surface area is 197 Å². The molecule has 0 aliphatic rings. The number of rotatable bonds is 6. The van der Waals surface area contributed by atoms with Crippen molar-refractivity contribution in [3.05, 3.63) is 94.9 Å². The molecule has 2 heterocycles. The van der Waals surface area contributed by atoms with Crippen molar-refractivity contribution in [1.29, 1.82) is 0 Å². The fourth-order valence-corrected chi connectivity index (χ4v) is 3.46. The molecule has 2 N–H and O–H groups in total. The van der Waals surface area contributed by atoms with Gasteiger partial charge in [-0.05, 0) is 60.7 Å². The summed E-state index contributed by atoms with van der Waals surface area (Å²) in [4.78, 5) is 12.3. The summed E-state index contributed by atoms with van der Waals surface area (Å²) < 4.78 is 49.8. The molecule has 34 heavy (non-hydrogen) atoms. The van der Waals surface area contributed by atoms with E-state index in [1.54, 1.807) is 36.4 Å². The third-order valence-electron chi connectivity index (χ3n) is 4.82. The largest absolute Gasteiger partial charge is 0.459 e. The van der Waals surface area contributed by atoms with Crippen LogP contribution in [0.25, 0.3) is 28.7 Å². The van der Waals surface area contributed by atoms with Crippen molar-refractivity contribution in [1.82, 2.24) is 0 Å². The average molecular weight is 488 g/mol. The monoisotopic (exact) mass is 487 g/mol. The summed E-state index contributed by atoms with van der Waals surface area (Å²) in [5.74, 6) is 0.981. The minimum absolute atomic E-state index is 0.227. The highest BCUT2D eigenvalue weighted by molar-refractivity contribution is 6.33. The molecule has 0 fully saturated rings. The van der Waals surface area contributed by atoms with E-state index in [2.05, 4.69) is 5.32 Å². The molecular weight excluding hydrogens is 471 g/mol. The molecule has 4 aromatic rings. The Balaban J connectivity index is 1.42. The van der Waals surface area contributed by atoms with Gasteiger partial charge in [0.05, 0.1) is 10.6 Å². The molecule has 9 heteroatoms. The number of carbonyl (C=O) groups is 1. The lowest BCUT2D eigenvalue weighted by atomic mass is 10.1. The van der Waals surface area contributed by atoms with E-state index in [9.17, 15) is 18.0 Å². The SMILES string of the molecule is O=C(/C=C/c1ccc(-c2cccc(C(F)(F)F)c2)o1)Nc1ccc(-c2ccc(CO)o2)c(Cl)c1. The number of alkyl halides is 3. The second kappa shape index (κ2) is 9.62. The van der Waals surface area contributed by atoms with Crippen molar-refractivity contribution < 1.29 is 31.9 Å². The summed E-state index contributed by atoms with van der Waals surface area (Å²) in [5.41, 5.74) is 0.550. The van der Waals surface area contributed by atoms with Crippen LogP contribution in [0.2, 0.25) is 5.02 Å². The van der Waals surface area contributed by atoms with Crippen LogP contribution in [0.3, 0.4) is 0 Å². The summed E-state index contributed by atoms with van der Waals surface area (Å²) in [6, 6.07) is 16.1. The van der Waals surface area contributed by atoms with Gasteiger partial charge >= 0.3 is 6.18 Å². The zero-order chi connectivity index (χ0) is 24.3. The van der Waals surface area contributed by atoms with Gasteiger partial charge in [-0.15, -0.1) is 0 Å². The van der Waals surface area contributed by atoms with E-state index in [0.717, 1.165) is 12.1 Å². The topological polar surface area (TPSA) is 75.6 Å². The molecule has 4 rings (SSSR count). The number of halogens is 4. The van der Waals surface area contributed by atoms with Gasteiger partial charge in [-0.25, -0.2) is 0 Å². The molecule has 5 nitrogen and oxygen atoms in total. The lowest BCUT2D eigenvalue weighted by Crippen LogP contribution is -2.07. The van der Waals surface area contributed by atoms with Crippen LogP contribution in [-0.2, 0) is 17.6 Å². The van der Waals surface area contributed by atoms with E-state index in [-0.39, 0.29) is 17.9 Å². The van der Waals surface area contributed by atoms with Crippen molar-refractivity contribution in [2.45, 2.75) is 12.8 Å². The van der Waals surface area contributed by atoms with Crippen LogP contribution in [-0.4, -0.2) is 11.0 Å². The fraction of sp³-hybridized carbons (Fsp3) is 0.0800. The van der Waals surface area contributed by atoms with Crippen molar-refractivity contribution in [3.63, 3.8) is 0 Å².